The second-order valence-corrected chi connectivity index (χ2v) is 9.88. The van der Waals surface area contributed by atoms with Crippen molar-refractivity contribution < 1.29 is 23.8 Å². The highest BCUT2D eigenvalue weighted by Crippen LogP contribution is 2.71. The first-order valence-corrected chi connectivity index (χ1v) is 10.1. The van der Waals surface area contributed by atoms with Crippen LogP contribution in [0.25, 0.3) is 0 Å². The summed E-state index contributed by atoms with van der Waals surface area (Å²) in [6.45, 7) is 10.1. The lowest BCUT2D eigenvalue weighted by molar-refractivity contribution is -0.175. The summed E-state index contributed by atoms with van der Waals surface area (Å²) in [4.78, 5) is 24.0. The molecule has 3 fully saturated rings. The normalized spacial score (nSPS) is 48.8. The average Bonchev–Trinajstić information content (AvgIpc) is 3.22. The molecule has 3 aliphatic carbocycles. The molecule has 5 heteroatoms. The van der Waals surface area contributed by atoms with Crippen LogP contribution in [0, 0.1) is 22.7 Å². The van der Waals surface area contributed by atoms with Crippen molar-refractivity contribution in [3.63, 3.8) is 0 Å². The zero-order valence-electron chi connectivity index (χ0n) is 16.7. The highest BCUT2D eigenvalue weighted by molar-refractivity contribution is 5.92. The number of esters is 2. The molecule has 0 radical (unpaired) electrons. The van der Waals surface area contributed by atoms with E-state index in [1.165, 1.54) is 6.92 Å². The quantitative estimate of drug-likeness (QED) is 0.401. The zero-order chi connectivity index (χ0) is 19.4. The molecule has 7 atom stereocenters. The number of ether oxygens (including phenoxy) is 3. The first-order chi connectivity index (χ1) is 12.6. The molecule has 2 saturated carbocycles. The number of carbonyl (C=O) groups excluding carboxylic acids is 2. The minimum atomic E-state index is -0.274. The lowest BCUT2D eigenvalue weighted by Gasteiger charge is -2.60. The molecule has 0 aromatic heterocycles. The number of fused-ring (bicyclic) bond motifs is 4. The van der Waals surface area contributed by atoms with E-state index in [1.54, 1.807) is 0 Å². The monoisotopic (exact) mass is 372 g/mol. The molecule has 0 amide bonds. The molecular formula is C22H28O5. The third kappa shape index (κ3) is 2.04. The van der Waals surface area contributed by atoms with Gasteiger partial charge >= 0.3 is 11.9 Å². The second kappa shape index (κ2) is 5.05. The largest absolute Gasteiger partial charge is 0.458 e. The fourth-order valence-electron chi connectivity index (χ4n) is 7.01. The molecule has 0 bridgehead atoms. The van der Waals surface area contributed by atoms with E-state index >= 15 is 0 Å². The fraction of sp³-hybridized carbons (Fsp3) is 0.727. The number of hydrogen-bond donors (Lipinski definition) is 0. The first kappa shape index (κ1) is 17.5. The van der Waals surface area contributed by atoms with Crippen molar-refractivity contribution in [2.24, 2.45) is 22.7 Å². The molecule has 1 saturated heterocycles. The highest BCUT2D eigenvalue weighted by Gasteiger charge is 2.76. The molecule has 1 spiro atoms. The summed E-state index contributed by atoms with van der Waals surface area (Å²) >= 11 is 0. The lowest BCUT2D eigenvalue weighted by Crippen LogP contribution is -2.62. The first-order valence-electron chi connectivity index (χ1n) is 10.1. The Balaban J connectivity index is 1.60. The summed E-state index contributed by atoms with van der Waals surface area (Å²) < 4.78 is 17.9. The van der Waals surface area contributed by atoms with Gasteiger partial charge in [-0.15, -0.1) is 0 Å². The Morgan fingerprint density at radius 3 is 2.70 bits per heavy atom. The number of allylic oxidation sites excluding steroid dienone is 1. The van der Waals surface area contributed by atoms with Gasteiger partial charge in [-0.3, -0.25) is 4.79 Å². The third-order valence-electron chi connectivity index (χ3n) is 8.21. The maximum absolute atomic E-state index is 12.2. The van der Waals surface area contributed by atoms with E-state index in [1.807, 2.05) is 6.92 Å². The molecule has 0 aromatic carbocycles. The number of hydrogen-bond acceptors (Lipinski definition) is 5. The van der Waals surface area contributed by atoms with Crippen LogP contribution in [-0.4, -0.2) is 35.9 Å². The van der Waals surface area contributed by atoms with Crippen LogP contribution in [0.3, 0.4) is 0 Å². The molecule has 2 heterocycles. The number of rotatable bonds is 1. The smallest absolute Gasteiger partial charge is 0.334 e. The summed E-state index contributed by atoms with van der Waals surface area (Å²) in [6.07, 6.45) is 6.58. The Labute approximate surface area is 160 Å². The molecule has 0 unspecified atom stereocenters. The maximum atomic E-state index is 12.2. The van der Waals surface area contributed by atoms with E-state index in [4.69, 9.17) is 14.2 Å². The van der Waals surface area contributed by atoms with Crippen molar-refractivity contribution in [2.75, 3.05) is 0 Å². The highest BCUT2D eigenvalue weighted by atomic mass is 16.6. The maximum Gasteiger partial charge on any atom is 0.334 e. The van der Waals surface area contributed by atoms with Crippen LogP contribution < -0.4 is 0 Å². The molecule has 0 N–H and O–H groups in total. The minimum Gasteiger partial charge on any atom is -0.458 e. The van der Waals surface area contributed by atoms with Crippen LogP contribution in [0.4, 0.5) is 0 Å². The molecular weight excluding hydrogens is 344 g/mol. The summed E-state index contributed by atoms with van der Waals surface area (Å²) in [6, 6.07) is 0. The van der Waals surface area contributed by atoms with Crippen LogP contribution in [0.5, 0.6) is 0 Å². The van der Waals surface area contributed by atoms with E-state index in [2.05, 4.69) is 32.9 Å². The molecule has 5 nitrogen and oxygen atoms in total. The van der Waals surface area contributed by atoms with E-state index in [0.717, 1.165) is 30.4 Å². The number of carbonyl (C=O) groups is 2. The Hall–Kier alpha value is -1.62. The van der Waals surface area contributed by atoms with Crippen molar-refractivity contribution in [3.8, 4) is 0 Å². The van der Waals surface area contributed by atoms with Gasteiger partial charge in [0, 0.05) is 29.4 Å². The zero-order valence-corrected chi connectivity index (χ0v) is 16.7. The van der Waals surface area contributed by atoms with E-state index < -0.39 is 0 Å². The summed E-state index contributed by atoms with van der Waals surface area (Å²) in [5.41, 5.74) is 1.34. The van der Waals surface area contributed by atoms with Crippen LogP contribution in [-0.2, 0) is 23.8 Å². The van der Waals surface area contributed by atoms with E-state index in [-0.39, 0.29) is 52.6 Å². The topological polar surface area (TPSA) is 65.1 Å². The van der Waals surface area contributed by atoms with E-state index in [0.29, 0.717) is 5.92 Å². The summed E-state index contributed by atoms with van der Waals surface area (Å²) in [7, 11) is 0. The van der Waals surface area contributed by atoms with Crippen LogP contribution in [0.15, 0.2) is 23.3 Å². The summed E-state index contributed by atoms with van der Waals surface area (Å²) in [5.74, 6) is 0.108. The predicted octanol–water partition coefficient (Wildman–Crippen LogP) is 3.33. The molecule has 5 rings (SSSR count). The molecule has 146 valence electrons. The second-order valence-electron chi connectivity index (χ2n) is 9.88. The predicted molar refractivity (Wildman–Crippen MR) is 97.6 cm³/mol. The minimum absolute atomic E-state index is 0.0162. The number of epoxide rings is 1. The Morgan fingerprint density at radius 2 is 2.00 bits per heavy atom. The van der Waals surface area contributed by atoms with Gasteiger partial charge in [-0.05, 0) is 43.6 Å². The molecule has 5 aliphatic rings. The van der Waals surface area contributed by atoms with Gasteiger partial charge in [0.15, 0.2) is 0 Å². The van der Waals surface area contributed by atoms with Gasteiger partial charge in [0.2, 0.25) is 0 Å². The third-order valence-corrected chi connectivity index (χ3v) is 8.21. The van der Waals surface area contributed by atoms with Crippen molar-refractivity contribution in [2.45, 2.75) is 77.8 Å². The van der Waals surface area contributed by atoms with Gasteiger partial charge < -0.3 is 14.2 Å². The Bertz CT molecular complexity index is 808. The Morgan fingerprint density at radius 1 is 1.26 bits per heavy atom. The van der Waals surface area contributed by atoms with Gasteiger partial charge in [0.05, 0.1) is 0 Å². The standard InChI is InChI=1S/C22H28O5/c1-11-17-13(26-19(11)24)10-15-21(5)14(6-9-22(15)18(17)27-22)20(3,4)8-7-16(21)25-12(2)23/h7-8,13-16,18H,6,9-10H2,1-5H3/t13-,14-,15+,16-,18-,21-,22+/m1/s1. The van der Waals surface area contributed by atoms with Gasteiger partial charge in [-0.1, -0.05) is 26.8 Å². The molecule has 0 aromatic rings. The van der Waals surface area contributed by atoms with Gasteiger partial charge in [0.1, 0.15) is 23.9 Å². The van der Waals surface area contributed by atoms with Gasteiger partial charge in [-0.2, -0.15) is 0 Å². The van der Waals surface area contributed by atoms with Gasteiger partial charge in [0.25, 0.3) is 0 Å². The SMILES string of the molecule is CC(=O)O[C@@H]1C=CC(C)(C)[C@H]2CC[C@@]34O[C@@H]3C3=C(C)C(=O)O[C@@H]3C[C@H]4[C@@]21C. The lowest BCUT2D eigenvalue weighted by atomic mass is 9.44. The van der Waals surface area contributed by atoms with Crippen molar-refractivity contribution in [1.82, 2.24) is 0 Å². The van der Waals surface area contributed by atoms with E-state index in [9.17, 15) is 9.59 Å². The van der Waals surface area contributed by atoms with Crippen LogP contribution in [0.2, 0.25) is 0 Å². The van der Waals surface area contributed by atoms with Crippen LogP contribution >= 0.6 is 0 Å². The van der Waals surface area contributed by atoms with Crippen molar-refractivity contribution >= 4 is 11.9 Å². The van der Waals surface area contributed by atoms with Gasteiger partial charge in [-0.25, -0.2) is 4.79 Å². The fourth-order valence-corrected chi connectivity index (χ4v) is 7.01. The molecule has 27 heavy (non-hydrogen) atoms. The van der Waals surface area contributed by atoms with Crippen molar-refractivity contribution in [1.29, 1.82) is 0 Å². The average molecular weight is 372 g/mol. The van der Waals surface area contributed by atoms with Crippen molar-refractivity contribution in [3.05, 3.63) is 23.3 Å². The Kier molecular flexibility index (Phi) is 3.27. The summed E-state index contributed by atoms with van der Waals surface area (Å²) in [5, 5.41) is 0. The molecule has 2 aliphatic heterocycles. The van der Waals surface area contributed by atoms with Crippen LogP contribution in [0.1, 0.15) is 53.9 Å².